The molecule has 0 saturated carbocycles. The van der Waals surface area contributed by atoms with Gasteiger partial charge in [0.15, 0.2) is 0 Å². The SMILES string of the molecule is Cc1nc(C2CCNCC2)sc1COc1ccc(-n2cnnn2)cc1.Cl. The maximum Gasteiger partial charge on any atom is 0.143 e. The highest BCUT2D eigenvalue weighted by atomic mass is 35.5. The summed E-state index contributed by atoms with van der Waals surface area (Å²) in [7, 11) is 0. The number of aromatic nitrogens is 5. The first-order valence-electron chi connectivity index (χ1n) is 8.43. The lowest BCUT2D eigenvalue weighted by Crippen LogP contribution is -2.26. The quantitative estimate of drug-likeness (QED) is 0.719. The maximum atomic E-state index is 5.94. The van der Waals surface area contributed by atoms with Crippen molar-refractivity contribution >= 4 is 23.7 Å². The van der Waals surface area contributed by atoms with Crippen molar-refractivity contribution in [3.63, 3.8) is 0 Å². The lowest BCUT2D eigenvalue weighted by atomic mass is 9.99. The molecule has 2 aromatic heterocycles. The molecule has 1 fully saturated rings. The van der Waals surface area contributed by atoms with E-state index in [0.717, 1.165) is 30.2 Å². The highest BCUT2D eigenvalue weighted by Gasteiger charge is 2.20. The molecule has 0 amide bonds. The molecule has 1 aromatic carbocycles. The van der Waals surface area contributed by atoms with Crippen LogP contribution in [0.1, 0.15) is 34.3 Å². The van der Waals surface area contributed by atoms with Gasteiger partial charge in [-0.25, -0.2) is 9.67 Å². The topological polar surface area (TPSA) is 77.8 Å². The average molecular weight is 393 g/mol. The van der Waals surface area contributed by atoms with Crippen molar-refractivity contribution in [2.24, 2.45) is 0 Å². The fourth-order valence-corrected chi connectivity index (χ4v) is 4.10. The van der Waals surface area contributed by atoms with Crippen LogP contribution in [0.5, 0.6) is 5.75 Å². The zero-order valence-electron chi connectivity index (χ0n) is 14.5. The number of nitrogens with one attached hydrogen (secondary N) is 1. The Balaban J connectivity index is 0.00000196. The molecule has 138 valence electrons. The van der Waals surface area contributed by atoms with Gasteiger partial charge in [0.2, 0.25) is 0 Å². The van der Waals surface area contributed by atoms with Crippen LogP contribution in [-0.4, -0.2) is 38.3 Å². The summed E-state index contributed by atoms with van der Waals surface area (Å²) < 4.78 is 7.56. The predicted molar refractivity (Wildman–Crippen MR) is 102 cm³/mol. The molecule has 1 N–H and O–H groups in total. The monoisotopic (exact) mass is 392 g/mol. The molecule has 3 aromatic rings. The van der Waals surface area contributed by atoms with Crippen LogP contribution in [-0.2, 0) is 6.61 Å². The number of aryl methyl sites for hydroxylation is 1. The average Bonchev–Trinajstić information content (AvgIpc) is 3.31. The molecule has 0 spiro atoms. The van der Waals surface area contributed by atoms with Gasteiger partial charge in [-0.2, -0.15) is 0 Å². The minimum atomic E-state index is 0. The normalized spacial score (nSPS) is 14.8. The minimum absolute atomic E-state index is 0. The van der Waals surface area contributed by atoms with E-state index in [1.165, 1.54) is 22.7 Å². The van der Waals surface area contributed by atoms with Gasteiger partial charge < -0.3 is 10.1 Å². The zero-order chi connectivity index (χ0) is 17.1. The smallest absolute Gasteiger partial charge is 0.143 e. The van der Waals surface area contributed by atoms with Gasteiger partial charge in [-0.3, -0.25) is 0 Å². The molecule has 0 radical (unpaired) electrons. The Morgan fingerprint density at radius 2 is 2.00 bits per heavy atom. The molecule has 0 bridgehead atoms. The number of hydrogen-bond acceptors (Lipinski definition) is 7. The second-order valence-corrected chi connectivity index (χ2v) is 7.24. The van der Waals surface area contributed by atoms with Crippen molar-refractivity contribution < 1.29 is 4.74 Å². The summed E-state index contributed by atoms with van der Waals surface area (Å²) in [4.78, 5) is 5.99. The number of benzene rings is 1. The first kappa shape index (κ1) is 18.8. The third kappa shape index (κ3) is 4.20. The summed E-state index contributed by atoms with van der Waals surface area (Å²) in [5.41, 5.74) is 1.99. The van der Waals surface area contributed by atoms with E-state index in [1.54, 1.807) is 22.3 Å². The molecule has 0 unspecified atom stereocenters. The summed E-state index contributed by atoms with van der Waals surface area (Å²) in [6.45, 7) is 4.80. The maximum absolute atomic E-state index is 5.94. The molecule has 0 atom stereocenters. The first-order valence-corrected chi connectivity index (χ1v) is 9.24. The third-order valence-corrected chi connectivity index (χ3v) is 5.71. The molecule has 0 aliphatic carbocycles. The third-order valence-electron chi connectivity index (χ3n) is 4.42. The van der Waals surface area contributed by atoms with Crippen LogP contribution in [0.2, 0.25) is 0 Å². The van der Waals surface area contributed by atoms with Crippen LogP contribution in [0, 0.1) is 6.92 Å². The molecule has 3 heterocycles. The van der Waals surface area contributed by atoms with Crippen molar-refractivity contribution in [3.8, 4) is 11.4 Å². The number of piperidine rings is 1. The van der Waals surface area contributed by atoms with Crippen molar-refractivity contribution in [2.75, 3.05) is 13.1 Å². The van der Waals surface area contributed by atoms with Crippen LogP contribution < -0.4 is 10.1 Å². The standard InChI is InChI=1S/C17H20N6OS.ClH/c1-12-16(25-17(20-12)13-6-8-18-9-7-13)10-24-15-4-2-14(3-5-15)23-11-19-21-22-23;/h2-5,11,13,18H,6-10H2,1H3;1H. The van der Waals surface area contributed by atoms with Gasteiger partial charge in [0.05, 0.1) is 21.3 Å². The Morgan fingerprint density at radius 3 is 2.69 bits per heavy atom. The summed E-state index contributed by atoms with van der Waals surface area (Å²) in [5, 5.41) is 15.8. The van der Waals surface area contributed by atoms with E-state index >= 15 is 0 Å². The second-order valence-electron chi connectivity index (χ2n) is 6.12. The fourth-order valence-electron chi connectivity index (χ4n) is 2.95. The number of rotatable bonds is 5. The molecule has 1 saturated heterocycles. The molecular formula is C17H21ClN6OS. The highest BCUT2D eigenvalue weighted by Crippen LogP contribution is 2.31. The number of tetrazole rings is 1. The van der Waals surface area contributed by atoms with E-state index in [1.807, 2.05) is 24.3 Å². The van der Waals surface area contributed by atoms with Crippen molar-refractivity contribution in [1.82, 2.24) is 30.5 Å². The van der Waals surface area contributed by atoms with Gasteiger partial charge in [0, 0.05) is 5.92 Å². The van der Waals surface area contributed by atoms with E-state index in [0.29, 0.717) is 12.5 Å². The van der Waals surface area contributed by atoms with Gasteiger partial charge >= 0.3 is 0 Å². The van der Waals surface area contributed by atoms with E-state index < -0.39 is 0 Å². The fraction of sp³-hybridized carbons (Fsp3) is 0.412. The van der Waals surface area contributed by atoms with Gasteiger partial charge in [0.1, 0.15) is 18.7 Å². The van der Waals surface area contributed by atoms with Crippen LogP contribution in [0.15, 0.2) is 30.6 Å². The molecule has 7 nitrogen and oxygen atoms in total. The van der Waals surface area contributed by atoms with Crippen molar-refractivity contribution in [1.29, 1.82) is 0 Å². The summed E-state index contributed by atoms with van der Waals surface area (Å²) >= 11 is 1.79. The Hall–Kier alpha value is -2.03. The molecule has 4 rings (SSSR count). The van der Waals surface area contributed by atoms with Gasteiger partial charge in [-0.15, -0.1) is 28.8 Å². The lowest BCUT2D eigenvalue weighted by Gasteiger charge is -2.20. The van der Waals surface area contributed by atoms with Crippen LogP contribution >= 0.6 is 23.7 Å². The number of nitrogens with zero attached hydrogens (tertiary/aromatic N) is 5. The molecule has 1 aliphatic heterocycles. The first-order chi connectivity index (χ1) is 12.3. The van der Waals surface area contributed by atoms with Crippen LogP contribution in [0.4, 0.5) is 0 Å². The van der Waals surface area contributed by atoms with E-state index in [-0.39, 0.29) is 12.4 Å². The predicted octanol–water partition coefficient (Wildman–Crippen LogP) is 2.90. The van der Waals surface area contributed by atoms with Crippen molar-refractivity contribution in [3.05, 3.63) is 46.2 Å². The second kappa shape index (κ2) is 8.57. The van der Waals surface area contributed by atoms with Crippen LogP contribution in [0.3, 0.4) is 0 Å². The molecule has 26 heavy (non-hydrogen) atoms. The van der Waals surface area contributed by atoms with Gasteiger partial charge in [0.25, 0.3) is 0 Å². The highest BCUT2D eigenvalue weighted by molar-refractivity contribution is 7.11. The zero-order valence-corrected chi connectivity index (χ0v) is 16.1. The number of ether oxygens (including phenoxy) is 1. The Kier molecular flexibility index (Phi) is 6.18. The summed E-state index contributed by atoms with van der Waals surface area (Å²) in [5.74, 6) is 1.42. The molecular weight excluding hydrogens is 372 g/mol. The minimum Gasteiger partial charge on any atom is -0.488 e. The van der Waals surface area contributed by atoms with E-state index in [9.17, 15) is 0 Å². The summed E-state index contributed by atoms with van der Waals surface area (Å²) in [6.07, 6.45) is 3.91. The van der Waals surface area contributed by atoms with Gasteiger partial charge in [-0.05, 0) is 67.5 Å². The number of halogens is 1. The lowest BCUT2D eigenvalue weighted by molar-refractivity contribution is 0.308. The largest absolute Gasteiger partial charge is 0.488 e. The number of hydrogen-bond donors (Lipinski definition) is 1. The molecule has 1 aliphatic rings. The molecule has 9 heteroatoms. The van der Waals surface area contributed by atoms with Crippen molar-refractivity contribution in [2.45, 2.75) is 32.3 Å². The van der Waals surface area contributed by atoms with E-state index in [4.69, 9.17) is 9.72 Å². The Morgan fingerprint density at radius 1 is 1.23 bits per heavy atom. The van der Waals surface area contributed by atoms with Crippen LogP contribution in [0.25, 0.3) is 5.69 Å². The Bertz CT molecular complexity index is 814. The van der Waals surface area contributed by atoms with Gasteiger partial charge in [-0.1, -0.05) is 0 Å². The summed E-state index contributed by atoms with van der Waals surface area (Å²) in [6, 6.07) is 7.74. The van der Waals surface area contributed by atoms with E-state index in [2.05, 4.69) is 27.8 Å². The Labute approximate surface area is 162 Å². The number of thiazole rings is 1.